The maximum Gasteiger partial charge on any atom is 0.182 e. The summed E-state index contributed by atoms with van der Waals surface area (Å²) in [6.45, 7) is 0.209. The summed E-state index contributed by atoms with van der Waals surface area (Å²) >= 11 is 5.71. The second-order valence-corrected chi connectivity index (χ2v) is 6.77. The lowest BCUT2D eigenvalue weighted by Gasteiger charge is -2.07. The van der Waals surface area contributed by atoms with Crippen LogP contribution in [0.3, 0.4) is 0 Å². The van der Waals surface area contributed by atoms with Crippen LogP contribution >= 0.6 is 11.6 Å². The molecule has 2 N–H and O–H groups in total. The van der Waals surface area contributed by atoms with E-state index in [9.17, 15) is 12.8 Å². The van der Waals surface area contributed by atoms with Gasteiger partial charge in [0.15, 0.2) is 9.84 Å². The van der Waals surface area contributed by atoms with Crippen molar-refractivity contribution in [1.29, 1.82) is 0 Å². The fourth-order valence-electron chi connectivity index (χ4n) is 1.76. The van der Waals surface area contributed by atoms with Gasteiger partial charge in [-0.1, -0.05) is 23.7 Å². The molecule has 20 heavy (non-hydrogen) atoms. The van der Waals surface area contributed by atoms with Crippen LogP contribution in [0.2, 0.25) is 5.02 Å². The van der Waals surface area contributed by atoms with Crippen molar-refractivity contribution in [2.75, 3.05) is 0 Å². The molecule has 0 aliphatic rings. The molecule has 6 heteroatoms. The first-order chi connectivity index (χ1) is 9.42. The number of rotatable bonds is 4. The average molecular weight is 314 g/mol. The smallest absolute Gasteiger partial charge is 0.182 e. The Bertz CT molecular complexity index is 714. The van der Waals surface area contributed by atoms with Gasteiger partial charge in [-0.3, -0.25) is 0 Å². The number of hydrogen-bond acceptors (Lipinski definition) is 3. The van der Waals surface area contributed by atoms with Crippen molar-refractivity contribution in [2.24, 2.45) is 5.73 Å². The Hall–Kier alpha value is -1.43. The van der Waals surface area contributed by atoms with Gasteiger partial charge in [0.25, 0.3) is 0 Å². The molecule has 0 aliphatic carbocycles. The summed E-state index contributed by atoms with van der Waals surface area (Å²) in [5.74, 6) is -0.962. The Morgan fingerprint density at radius 1 is 1.10 bits per heavy atom. The molecule has 3 nitrogen and oxygen atoms in total. The first-order valence-electron chi connectivity index (χ1n) is 5.88. The van der Waals surface area contributed by atoms with Gasteiger partial charge in [-0.15, -0.1) is 0 Å². The lowest BCUT2D eigenvalue weighted by atomic mass is 10.1. The van der Waals surface area contributed by atoms with E-state index in [1.165, 1.54) is 36.4 Å². The van der Waals surface area contributed by atoms with Crippen LogP contribution in [0.4, 0.5) is 4.39 Å². The van der Waals surface area contributed by atoms with Gasteiger partial charge in [0.2, 0.25) is 0 Å². The Labute approximate surface area is 122 Å². The molecule has 0 aromatic heterocycles. The second-order valence-electron chi connectivity index (χ2n) is 4.34. The van der Waals surface area contributed by atoms with E-state index in [-0.39, 0.29) is 17.0 Å². The van der Waals surface area contributed by atoms with Crippen LogP contribution in [0, 0.1) is 5.82 Å². The maximum absolute atomic E-state index is 13.8. The van der Waals surface area contributed by atoms with E-state index in [0.717, 1.165) is 0 Å². The fourth-order valence-corrected chi connectivity index (χ4v) is 3.25. The predicted molar refractivity (Wildman–Crippen MR) is 76.6 cm³/mol. The van der Waals surface area contributed by atoms with Gasteiger partial charge in [-0.2, -0.15) is 0 Å². The predicted octanol–water partition coefficient (Wildman–Crippen LogP) is 2.91. The van der Waals surface area contributed by atoms with Crippen LogP contribution in [-0.4, -0.2) is 8.42 Å². The van der Waals surface area contributed by atoms with Crippen LogP contribution < -0.4 is 5.73 Å². The Morgan fingerprint density at radius 3 is 2.30 bits per heavy atom. The number of hydrogen-bond donors (Lipinski definition) is 1. The van der Waals surface area contributed by atoms with E-state index in [0.29, 0.717) is 10.6 Å². The lowest BCUT2D eigenvalue weighted by Crippen LogP contribution is -2.07. The molecule has 2 aromatic rings. The minimum atomic E-state index is -3.60. The highest BCUT2D eigenvalue weighted by molar-refractivity contribution is 7.90. The highest BCUT2D eigenvalue weighted by Crippen LogP contribution is 2.21. The van der Waals surface area contributed by atoms with Gasteiger partial charge in [0.1, 0.15) is 5.82 Å². The van der Waals surface area contributed by atoms with E-state index in [1.54, 1.807) is 6.07 Å². The molecule has 2 rings (SSSR count). The topological polar surface area (TPSA) is 60.2 Å². The molecule has 106 valence electrons. The standard InChI is InChI=1S/C14H13ClFNO2S/c15-12-3-5-13(6-4-12)20(18,19)9-11-2-1-10(8-17)7-14(11)16/h1-7H,8-9,17H2. The highest BCUT2D eigenvalue weighted by atomic mass is 35.5. The molecule has 0 atom stereocenters. The summed E-state index contributed by atoms with van der Waals surface area (Å²) in [5.41, 5.74) is 6.15. The summed E-state index contributed by atoms with van der Waals surface area (Å²) in [7, 11) is -3.60. The molecule has 0 bridgehead atoms. The third-order valence-electron chi connectivity index (χ3n) is 2.87. The highest BCUT2D eigenvalue weighted by Gasteiger charge is 2.17. The number of halogens is 2. The molecule has 0 amide bonds. The molecular formula is C14H13ClFNO2S. The molecule has 0 aliphatic heterocycles. The quantitative estimate of drug-likeness (QED) is 0.944. The molecule has 0 fully saturated rings. The van der Waals surface area contributed by atoms with E-state index in [4.69, 9.17) is 17.3 Å². The first-order valence-corrected chi connectivity index (χ1v) is 7.91. The third kappa shape index (κ3) is 3.36. The van der Waals surface area contributed by atoms with Gasteiger partial charge in [-0.25, -0.2) is 12.8 Å². The Kier molecular flexibility index (Phi) is 4.42. The van der Waals surface area contributed by atoms with Crippen LogP contribution in [0.5, 0.6) is 0 Å². The van der Waals surface area contributed by atoms with Crippen LogP contribution in [0.25, 0.3) is 0 Å². The maximum atomic E-state index is 13.8. The minimum absolute atomic E-state index is 0.115. The van der Waals surface area contributed by atoms with E-state index in [1.807, 2.05) is 0 Å². The van der Waals surface area contributed by atoms with Gasteiger partial charge in [0, 0.05) is 17.1 Å². The van der Waals surface area contributed by atoms with E-state index in [2.05, 4.69) is 0 Å². The Morgan fingerprint density at radius 2 is 1.75 bits per heavy atom. The monoisotopic (exact) mass is 313 g/mol. The van der Waals surface area contributed by atoms with E-state index >= 15 is 0 Å². The molecule has 0 saturated heterocycles. The normalized spacial score (nSPS) is 11.6. The van der Waals surface area contributed by atoms with Crippen LogP contribution in [0.15, 0.2) is 47.4 Å². The van der Waals surface area contributed by atoms with Crippen molar-refractivity contribution in [3.8, 4) is 0 Å². The van der Waals surface area contributed by atoms with Crippen molar-refractivity contribution < 1.29 is 12.8 Å². The van der Waals surface area contributed by atoms with Gasteiger partial charge in [-0.05, 0) is 35.9 Å². The molecule has 0 radical (unpaired) electrons. The number of nitrogens with two attached hydrogens (primary N) is 1. The zero-order valence-corrected chi connectivity index (χ0v) is 12.1. The second kappa shape index (κ2) is 5.91. The number of sulfone groups is 1. The van der Waals surface area contributed by atoms with Crippen LogP contribution in [-0.2, 0) is 22.1 Å². The number of benzene rings is 2. The average Bonchev–Trinajstić information content (AvgIpc) is 2.41. The lowest BCUT2D eigenvalue weighted by molar-refractivity contribution is 0.586. The van der Waals surface area contributed by atoms with Crippen molar-refractivity contribution in [1.82, 2.24) is 0 Å². The minimum Gasteiger partial charge on any atom is -0.326 e. The molecule has 0 saturated carbocycles. The van der Waals surface area contributed by atoms with Gasteiger partial charge >= 0.3 is 0 Å². The van der Waals surface area contributed by atoms with Crippen molar-refractivity contribution in [3.05, 3.63) is 64.4 Å². The summed E-state index contributed by atoms with van der Waals surface area (Å²) in [6.07, 6.45) is 0. The SMILES string of the molecule is NCc1ccc(CS(=O)(=O)c2ccc(Cl)cc2)c(F)c1. The van der Waals surface area contributed by atoms with Crippen molar-refractivity contribution in [2.45, 2.75) is 17.2 Å². The van der Waals surface area contributed by atoms with Crippen LogP contribution in [0.1, 0.15) is 11.1 Å². The van der Waals surface area contributed by atoms with Crippen molar-refractivity contribution >= 4 is 21.4 Å². The van der Waals surface area contributed by atoms with Crippen molar-refractivity contribution in [3.63, 3.8) is 0 Å². The zero-order valence-electron chi connectivity index (χ0n) is 10.5. The molecular weight excluding hydrogens is 301 g/mol. The largest absolute Gasteiger partial charge is 0.326 e. The fraction of sp³-hybridized carbons (Fsp3) is 0.143. The summed E-state index contributed by atoms with van der Waals surface area (Å²) < 4.78 is 38.2. The third-order valence-corrected chi connectivity index (χ3v) is 4.80. The van der Waals surface area contributed by atoms with Gasteiger partial charge in [0.05, 0.1) is 10.6 Å². The van der Waals surface area contributed by atoms with E-state index < -0.39 is 21.4 Å². The van der Waals surface area contributed by atoms with Gasteiger partial charge < -0.3 is 5.73 Å². The summed E-state index contributed by atoms with van der Waals surface area (Å²) in [5, 5.41) is 0.447. The summed E-state index contributed by atoms with van der Waals surface area (Å²) in [4.78, 5) is 0.115. The summed E-state index contributed by atoms with van der Waals surface area (Å²) in [6, 6.07) is 10.1. The molecule has 2 aromatic carbocycles. The molecule has 0 unspecified atom stereocenters. The molecule has 0 spiro atoms. The Balaban J connectivity index is 2.31. The molecule has 0 heterocycles. The first kappa shape index (κ1) is 15.0. The zero-order chi connectivity index (χ0) is 14.8.